The maximum atomic E-state index is 12.1. The topological polar surface area (TPSA) is 47.4 Å². The minimum atomic E-state index is -0.306. The van der Waals surface area contributed by atoms with Crippen LogP contribution < -0.4 is 4.90 Å². The Bertz CT molecular complexity index is 620. The smallest absolute Gasteiger partial charge is 0.341 e. The van der Waals surface area contributed by atoms with Crippen molar-refractivity contribution in [3.8, 4) is 0 Å². The molecule has 1 aromatic heterocycles. The van der Waals surface area contributed by atoms with Crippen molar-refractivity contribution in [3.05, 3.63) is 47.3 Å². The quantitative estimate of drug-likeness (QED) is 0.792. The molecule has 2 rings (SSSR count). The molecule has 21 heavy (non-hydrogen) atoms. The fraction of sp³-hybridized carbons (Fsp3) is 0.375. The van der Waals surface area contributed by atoms with Crippen molar-refractivity contribution in [1.82, 2.24) is 9.78 Å². The summed E-state index contributed by atoms with van der Waals surface area (Å²) in [5.74, 6) is -0.306. The van der Waals surface area contributed by atoms with Crippen LogP contribution >= 0.6 is 0 Å². The fourth-order valence-corrected chi connectivity index (χ4v) is 2.23. The summed E-state index contributed by atoms with van der Waals surface area (Å²) >= 11 is 0. The van der Waals surface area contributed by atoms with Gasteiger partial charge in [0.15, 0.2) is 0 Å². The molecule has 0 aliphatic heterocycles. The van der Waals surface area contributed by atoms with Gasteiger partial charge in [0, 0.05) is 25.5 Å². The lowest BCUT2D eigenvalue weighted by Crippen LogP contribution is -2.24. The van der Waals surface area contributed by atoms with Crippen molar-refractivity contribution in [2.45, 2.75) is 13.8 Å². The first-order valence-corrected chi connectivity index (χ1v) is 6.94. The van der Waals surface area contributed by atoms with Crippen molar-refractivity contribution in [2.24, 2.45) is 7.05 Å². The summed E-state index contributed by atoms with van der Waals surface area (Å²) in [6, 6.07) is 10.0. The Morgan fingerprint density at radius 2 is 1.95 bits per heavy atom. The van der Waals surface area contributed by atoms with Gasteiger partial charge < -0.3 is 9.64 Å². The first-order valence-electron chi connectivity index (χ1n) is 6.94. The molecule has 0 atom stereocenters. The third kappa shape index (κ3) is 3.42. The van der Waals surface area contributed by atoms with Crippen molar-refractivity contribution >= 4 is 11.7 Å². The molecular weight excluding hydrogens is 266 g/mol. The van der Waals surface area contributed by atoms with Crippen LogP contribution in [0.1, 0.15) is 21.7 Å². The third-order valence-electron chi connectivity index (χ3n) is 3.57. The second-order valence-corrected chi connectivity index (χ2v) is 5.06. The predicted molar refractivity (Wildman–Crippen MR) is 82.7 cm³/mol. The Balaban J connectivity index is 1.90. The molecule has 0 fully saturated rings. The van der Waals surface area contributed by atoms with Crippen LogP contribution in [0.2, 0.25) is 0 Å². The van der Waals surface area contributed by atoms with Crippen LogP contribution in [-0.4, -0.2) is 35.9 Å². The number of benzene rings is 1. The molecule has 1 aromatic carbocycles. The zero-order valence-electron chi connectivity index (χ0n) is 13.0. The molecule has 2 aromatic rings. The Labute approximate surface area is 125 Å². The maximum absolute atomic E-state index is 12.1. The first-order chi connectivity index (χ1) is 10.0. The third-order valence-corrected chi connectivity index (χ3v) is 3.57. The van der Waals surface area contributed by atoms with E-state index in [4.69, 9.17) is 4.74 Å². The van der Waals surface area contributed by atoms with Crippen LogP contribution in [0.4, 0.5) is 5.69 Å². The zero-order chi connectivity index (χ0) is 15.4. The first kappa shape index (κ1) is 15.1. The highest BCUT2D eigenvalue weighted by molar-refractivity contribution is 5.91. The van der Waals surface area contributed by atoms with Crippen LogP contribution in [0.5, 0.6) is 0 Å². The predicted octanol–water partition coefficient (Wildman–Crippen LogP) is 2.33. The molecule has 0 aliphatic carbocycles. The van der Waals surface area contributed by atoms with Gasteiger partial charge in [-0.05, 0) is 26.0 Å². The number of esters is 1. The molecule has 0 amide bonds. The summed E-state index contributed by atoms with van der Waals surface area (Å²) in [6.45, 7) is 4.68. The minimum absolute atomic E-state index is 0.306. The number of ether oxygens (including phenoxy) is 1. The van der Waals surface area contributed by atoms with E-state index in [1.807, 2.05) is 58.3 Å². The van der Waals surface area contributed by atoms with Crippen LogP contribution in [0.25, 0.3) is 0 Å². The second kappa shape index (κ2) is 6.43. The van der Waals surface area contributed by atoms with Gasteiger partial charge >= 0.3 is 5.97 Å². The van der Waals surface area contributed by atoms with Crippen LogP contribution in [0, 0.1) is 13.8 Å². The highest BCUT2D eigenvalue weighted by Gasteiger charge is 2.18. The molecule has 0 saturated carbocycles. The summed E-state index contributed by atoms with van der Waals surface area (Å²) in [5, 5.41) is 4.23. The molecule has 0 spiro atoms. The molecule has 1 heterocycles. The maximum Gasteiger partial charge on any atom is 0.341 e. The molecule has 0 radical (unpaired) electrons. The van der Waals surface area contributed by atoms with E-state index < -0.39 is 0 Å². The van der Waals surface area contributed by atoms with Gasteiger partial charge in [-0.1, -0.05) is 18.2 Å². The Morgan fingerprint density at radius 1 is 1.29 bits per heavy atom. The molecule has 5 nitrogen and oxygen atoms in total. The highest BCUT2D eigenvalue weighted by atomic mass is 16.5. The number of nitrogens with zero attached hydrogens (tertiary/aromatic N) is 3. The SMILES string of the molecule is Cc1nn(C)c(C)c1C(=O)OCCN(C)c1ccccc1. The van der Waals surface area contributed by atoms with Gasteiger partial charge in [-0.2, -0.15) is 5.10 Å². The Hall–Kier alpha value is -2.30. The number of hydrogen-bond acceptors (Lipinski definition) is 4. The number of aromatic nitrogens is 2. The molecule has 0 unspecified atom stereocenters. The summed E-state index contributed by atoms with van der Waals surface area (Å²) in [6.07, 6.45) is 0. The average Bonchev–Trinajstić information content (AvgIpc) is 2.73. The number of carbonyl (C=O) groups excluding carboxylic acids is 1. The zero-order valence-corrected chi connectivity index (χ0v) is 13.0. The monoisotopic (exact) mass is 287 g/mol. The van der Waals surface area contributed by atoms with E-state index >= 15 is 0 Å². The Kier molecular flexibility index (Phi) is 4.62. The number of aryl methyl sites for hydroxylation is 2. The normalized spacial score (nSPS) is 10.5. The molecular formula is C16H21N3O2. The molecule has 5 heteroatoms. The van der Waals surface area contributed by atoms with E-state index in [2.05, 4.69) is 10.00 Å². The van der Waals surface area contributed by atoms with E-state index in [-0.39, 0.29) is 5.97 Å². The van der Waals surface area contributed by atoms with Crippen molar-refractivity contribution in [2.75, 3.05) is 25.1 Å². The minimum Gasteiger partial charge on any atom is -0.460 e. The van der Waals surface area contributed by atoms with E-state index in [0.29, 0.717) is 24.4 Å². The van der Waals surface area contributed by atoms with Gasteiger partial charge in [-0.25, -0.2) is 4.79 Å². The van der Waals surface area contributed by atoms with Gasteiger partial charge in [0.05, 0.1) is 12.2 Å². The summed E-state index contributed by atoms with van der Waals surface area (Å²) in [7, 11) is 3.80. The lowest BCUT2D eigenvalue weighted by molar-refractivity contribution is 0.0514. The highest BCUT2D eigenvalue weighted by Crippen LogP contribution is 2.14. The Morgan fingerprint density at radius 3 is 2.52 bits per heavy atom. The van der Waals surface area contributed by atoms with E-state index in [9.17, 15) is 4.79 Å². The van der Waals surface area contributed by atoms with Gasteiger partial charge in [0.25, 0.3) is 0 Å². The molecule has 112 valence electrons. The number of carbonyl (C=O) groups is 1. The van der Waals surface area contributed by atoms with Gasteiger partial charge in [-0.3, -0.25) is 4.68 Å². The standard InChI is InChI=1S/C16H21N3O2/c1-12-15(13(2)19(4)17-12)16(20)21-11-10-18(3)14-8-6-5-7-9-14/h5-9H,10-11H2,1-4H3. The van der Waals surface area contributed by atoms with E-state index in [0.717, 1.165) is 11.4 Å². The van der Waals surface area contributed by atoms with Crippen LogP contribution in [0.15, 0.2) is 30.3 Å². The number of rotatable bonds is 5. The lowest BCUT2D eigenvalue weighted by Gasteiger charge is -2.18. The van der Waals surface area contributed by atoms with Gasteiger partial charge in [-0.15, -0.1) is 0 Å². The van der Waals surface area contributed by atoms with Crippen molar-refractivity contribution < 1.29 is 9.53 Å². The van der Waals surface area contributed by atoms with Gasteiger partial charge in [0.1, 0.15) is 12.2 Å². The molecule has 0 bridgehead atoms. The van der Waals surface area contributed by atoms with Gasteiger partial charge in [0.2, 0.25) is 0 Å². The van der Waals surface area contributed by atoms with E-state index in [1.54, 1.807) is 4.68 Å². The number of anilines is 1. The largest absolute Gasteiger partial charge is 0.460 e. The average molecular weight is 287 g/mol. The van der Waals surface area contributed by atoms with Crippen molar-refractivity contribution in [1.29, 1.82) is 0 Å². The lowest BCUT2D eigenvalue weighted by atomic mass is 10.2. The summed E-state index contributed by atoms with van der Waals surface area (Å²) in [5.41, 5.74) is 3.20. The summed E-state index contributed by atoms with van der Waals surface area (Å²) < 4.78 is 7.06. The van der Waals surface area contributed by atoms with E-state index in [1.165, 1.54) is 0 Å². The van der Waals surface area contributed by atoms with Crippen LogP contribution in [0.3, 0.4) is 0 Å². The summed E-state index contributed by atoms with van der Waals surface area (Å²) in [4.78, 5) is 14.2. The fourth-order valence-electron chi connectivity index (χ4n) is 2.23. The molecule has 0 N–H and O–H groups in total. The molecule has 0 saturated heterocycles. The number of para-hydroxylation sites is 1. The number of likely N-dealkylation sites (N-methyl/N-ethyl adjacent to an activating group) is 1. The van der Waals surface area contributed by atoms with Crippen molar-refractivity contribution in [3.63, 3.8) is 0 Å². The molecule has 0 aliphatic rings. The second-order valence-electron chi connectivity index (χ2n) is 5.06. The number of hydrogen-bond donors (Lipinski definition) is 0. The van der Waals surface area contributed by atoms with Crippen LogP contribution in [-0.2, 0) is 11.8 Å².